The van der Waals surface area contributed by atoms with Crippen molar-refractivity contribution in [1.29, 1.82) is 0 Å². The van der Waals surface area contributed by atoms with Crippen molar-refractivity contribution in [1.82, 2.24) is 4.90 Å². The Morgan fingerprint density at radius 3 is 2.85 bits per heavy atom. The zero-order valence-electron chi connectivity index (χ0n) is 11.2. The molecule has 0 aromatic heterocycles. The van der Waals surface area contributed by atoms with Gasteiger partial charge in [-0.05, 0) is 37.0 Å². The number of carbonyl (C=O) groups is 1. The van der Waals surface area contributed by atoms with Crippen molar-refractivity contribution in [2.45, 2.75) is 18.9 Å². The molecule has 1 aliphatic rings. The van der Waals surface area contributed by atoms with Gasteiger partial charge in [0.1, 0.15) is 5.75 Å². The fourth-order valence-corrected chi connectivity index (χ4v) is 2.91. The van der Waals surface area contributed by atoms with E-state index in [1.807, 2.05) is 6.07 Å². The molecule has 0 spiro atoms. The van der Waals surface area contributed by atoms with E-state index < -0.39 is 0 Å². The van der Waals surface area contributed by atoms with Crippen molar-refractivity contribution < 1.29 is 14.6 Å². The van der Waals surface area contributed by atoms with Gasteiger partial charge in [-0.1, -0.05) is 27.5 Å². The Balaban J connectivity index is 1.79. The van der Waals surface area contributed by atoms with E-state index in [1.54, 1.807) is 24.1 Å². The molecule has 0 unspecified atom stereocenters. The van der Waals surface area contributed by atoms with Crippen LogP contribution in [0, 0.1) is 5.92 Å². The van der Waals surface area contributed by atoms with Gasteiger partial charge in [-0.3, -0.25) is 4.79 Å². The molecule has 1 saturated carbocycles. The maximum Gasteiger partial charge on any atom is 0.260 e. The average molecular weight is 363 g/mol. The first-order valence-corrected chi connectivity index (χ1v) is 7.62. The van der Waals surface area contributed by atoms with E-state index in [1.165, 1.54) is 0 Å². The lowest BCUT2D eigenvalue weighted by Gasteiger charge is -2.34. The number of rotatable bonds is 5. The summed E-state index contributed by atoms with van der Waals surface area (Å²) in [5, 5.41) is 9.70. The van der Waals surface area contributed by atoms with E-state index in [0.29, 0.717) is 23.2 Å². The number of nitrogens with zero attached hydrogens (tertiary/aromatic N) is 1. The van der Waals surface area contributed by atoms with E-state index in [0.717, 1.165) is 17.3 Å². The molecule has 6 heteroatoms. The molecule has 0 aliphatic heterocycles. The summed E-state index contributed by atoms with van der Waals surface area (Å²) in [5.41, 5.74) is 0. The van der Waals surface area contributed by atoms with Crippen LogP contribution in [-0.4, -0.2) is 42.2 Å². The molecule has 0 saturated heterocycles. The SMILES string of the molecule is CN(CC1CC(O)C1)C(=O)COc1ccc(Br)cc1Cl. The van der Waals surface area contributed by atoms with Crippen LogP contribution in [-0.2, 0) is 4.79 Å². The number of benzene rings is 1. The van der Waals surface area contributed by atoms with Crippen molar-refractivity contribution in [2.24, 2.45) is 5.92 Å². The largest absolute Gasteiger partial charge is 0.482 e. The predicted molar refractivity (Wildman–Crippen MR) is 81.0 cm³/mol. The lowest BCUT2D eigenvalue weighted by Crippen LogP contribution is -2.41. The van der Waals surface area contributed by atoms with Gasteiger partial charge in [0.25, 0.3) is 5.91 Å². The molecule has 1 fully saturated rings. The molecular formula is C14H17BrClNO3. The number of aliphatic hydroxyl groups excluding tert-OH is 1. The predicted octanol–water partition coefficient (Wildman–Crippen LogP) is 2.71. The highest BCUT2D eigenvalue weighted by Crippen LogP contribution is 2.29. The van der Waals surface area contributed by atoms with Crippen molar-refractivity contribution in [2.75, 3.05) is 20.2 Å². The van der Waals surface area contributed by atoms with Crippen LogP contribution in [0.15, 0.2) is 22.7 Å². The number of carbonyl (C=O) groups excluding carboxylic acids is 1. The summed E-state index contributed by atoms with van der Waals surface area (Å²) in [7, 11) is 1.75. The molecule has 0 atom stereocenters. The normalized spacial score (nSPS) is 21.2. The lowest BCUT2D eigenvalue weighted by atomic mass is 9.82. The monoisotopic (exact) mass is 361 g/mol. The Morgan fingerprint density at radius 1 is 1.55 bits per heavy atom. The van der Waals surface area contributed by atoms with Crippen LogP contribution < -0.4 is 4.74 Å². The second kappa shape index (κ2) is 6.78. The minimum Gasteiger partial charge on any atom is -0.482 e. The highest BCUT2D eigenvalue weighted by molar-refractivity contribution is 9.10. The van der Waals surface area contributed by atoms with Gasteiger partial charge in [0.15, 0.2) is 6.61 Å². The van der Waals surface area contributed by atoms with Gasteiger partial charge in [-0.2, -0.15) is 0 Å². The van der Waals surface area contributed by atoms with Crippen LogP contribution >= 0.6 is 27.5 Å². The van der Waals surface area contributed by atoms with Crippen LogP contribution in [0.4, 0.5) is 0 Å². The highest BCUT2D eigenvalue weighted by Gasteiger charge is 2.29. The molecule has 2 rings (SSSR count). The molecule has 4 nitrogen and oxygen atoms in total. The number of likely N-dealkylation sites (N-methyl/N-ethyl adjacent to an activating group) is 1. The third kappa shape index (κ3) is 4.11. The first-order chi connectivity index (χ1) is 9.45. The fourth-order valence-electron chi connectivity index (χ4n) is 2.18. The number of hydrogen-bond acceptors (Lipinski definition) is 3. The summed E-state index contributed by atoms with van der Waals surface area (Å²) in [6, 6.07) is 5.26. The van der Waals surface area contributed by atoms with Crippen molar-refractivity contribution in [3.05, 3.63) is 27.7 Å². The van der Waals surface area contributed by atoms with E-state index in [2.05, 4.69) is 15.9 Å². The van der Waals surface area contributed by atoms with Crippen molar-refractivity contribution in [3.8, 4) is 5.75 Å². The van der Waals surface area contributed by atoms with Gasteiger partial charge in [0, 0.05) is 18.1 Å². The zero-order chi connectivity index (χ0) is 14.7. The zero-order valence-corrected chi connectivity index (χ0v) is 13.5. The third-order valence-corrected chi connectivity index (χ3v) is 4.20. The molecule has 1 aromatic carbocycles. The van der Waals surface area contributed by atoms with Crippen molar-refractivity contribution in [3.63, 3.8) is 0 Å². The number of halogens is 2. The summed E-state index contributed by atoms with van der Waals surface area (Å²) in [4.78, 5) is 13.6. The quantitative estimate of drug-likeness (QED) is 0.876. The maximum absolute atomic E-state index is 11.9. The molecule has 0 bridgehead atoms. The molecule has 1 aliphatic carbocycles. The average Bonchev–Trinajstić information content (AvgIpc) is 2.35. The van der Waals surface area contributed by atoms with Gasteiger partial charge in [0.2, 0.25) is 0 Å². The first-order valence-electron chi connectivity index (χ1n) is 6.45. The molecule has 0 radical (unpaired) electrons. The minimum absolute atomic E-state index is 0.0346. The second-order valence-corrected chi connectivity index (χ2v) is 6.45. The van der Waals surface area contributed by atoms with Crippen LogP contribution in [0.5, 0.6) is 5.75 Å². The van der Waals surface area contributed by atoms with E-state index in [4.69, 9.17) is 16.3 Å². The number of ether oxygens (including phenoxy) is 1. The molecular weight excluding hydrogens is 346 g/mol. The Bertz CT molecular complexity index is 491. The number of hydrogen-bond donors (Lipinski definition) is 1. The Labute approximate surface area is 131 Å². The first kappa shape index (κ1) is 15.6. The number of amides is 1. The smallest absolute Gasteiger partial charge is 0.260 e. The van der Waals surface area contributed by atoms with E-state index >= 15 is 0 Å². The van der Waals surface area contributed by atoms with Gasteiger partial charge >= 0.3 is 0 Å². The maximum atomic E-state index is 11.9. The van der Waals surface area contributed by atoms with Crippen LogP contribution in [0.3, 0.4) is 0 Å². The standard InChI is InChI=1S/C14H17BrClNO3/c1-17(7-9-4-11(18)5-9)14(19)8-20-13-3-2-10(15)6-12(13)16/h2-3,6,9,11,18H,4-5,7-8H2,1H3. The summed E-state index contributed by atoms with van der Waals surface area (Å²) < 4.78 is 6.30. The lowest BCUT2D eigenvalue weighted by molar-refractivity contribution is -0.133. The van der Waals surface area contributed by atoms with Crippen LogP contribution in [0.25, 0.3) is 0 Å². The van der Waals surface area contributed by atoms with Gasteiger partial charge < -0.3 is 14.7 Å². The van der Waals surface area contributed by atoms with Crippen LogP contribution in [0.2, 0.25) is 5.02 Å². The Morgan fingerprint density at radius 2 is 2.25 bits per heavy atom. The second-order valence-electron chi connectivity index (χ2n) is 5.13. The summed E-state index contributed by atoms with van der Waals surface area (Å²) in [5.74, 6) is 0.802. The third-order valence-electron chi connectivity index (χ3n) is 3.41. The molecule has 1 aromatic rings. The minimum atomic E-state index is -0.193. The van der Waals surface area contributed by atoms with Crippen LogP contribution in [0.1, 0.15) is 12.8 Å². The van der Waals surface area contributed by atoms with Gasteiger partial charge in [0.05, 0.1) is 11.1 Å². The van der Waals surface area contributed by atoms with Crippen molar-refractivity contribution >= 4 is 33.4 Å². The number of aliphatic hydroxyl groups is 1. The summed E-state index contributed by atoms with van der Waals surface area (Å²) in [6.45, 7) is 0.625. The molecule has 110 valence electrons. The highest BCUT2D eigenvalue weighted by atomic mass is 79.9. The van der Waals surface area contributed by atoms with Gasteiger partial charge in [-0.25, -0.2) is 0 Å². The Kier molecular flexibility index (Phi) is 5.29. The summed E-state index contributed by atoms with van der Waals surface area (Å²) >= 11 is 9.33. The molecule has 20 heavy (non-hydrogen) atoms. The van der Waals surface area contributed by atoms with Gasteiger partial charge in [-0.15, -0.1) is 0 Å². The summed E-state index contributed by atoms with van der Waals surface area (Å²) in [6.07, 6.45) is 1.36. The Hall–Kier alpha value is -0.780. The molecule has 1 amide bonds. The molecule has 1 N–H and O–H groups in total. The van der Waals surface area contributed by atoms with E-state index in [-0.39, 0.29) is 18.6 Å². The fraction of sp³-hybridized carbons (Fsp3) is 0.500. The molecule has 0 heterocycles. The topological polar surface area (TPSA) is 49.8 Å². The van der Waals surface area contributed by atoms with E-state index in [9.17, 15) is 9.90 Å².